The molecule has 0 spiro atoms. The van der Waals surface area contributed by atoms with Crippen LogP contribution in [0.4, 0.5) is 5.69 Å². The first-order valence-corrected chi connectivity index (χ1v) is 6.75. The molecule has 0 radical (unpaired) electrons. The van der Waals surface area contributed by atoms with Gasteiger partial charge in [0.15, 0.2) is 0 Å². The summed E-state index contributed by atoms with van der Waals surface area (Å²) in [4.78, 5) is 4.62. The van der Waals surface area contributed by atoms with Crippen LogP contribution in [0.15, 0.2) is 24.3 Å². The minimum atomic E-state index is 0.583. The van der Waals surface area contributed by atoms with Crippen molar-refractivity contribution in [3.8, 4) is 0 Å². The Labute approximate surface area is 111 Å². The molecule has 3 nitrogen and oxygen atoms in total. The van der Waals surface area contributed by atoms with Gasteiger partial charge in [0.1, 0.15) is 0 Å². The zero-order chi connectivity index (χ0) is 13.1. The van der Waals surface area contributed by atoms with Gasteiger partial charge >= 0.3 is 0 Å². The van der Waals surface area contributed by atoms with Gasteiger partial charge in [0.25, 0.3) is 0 Å². The van der Waals surface area contributed by atoms with Crippen LogP contribution in [0.2, 0.25) is 0 Å². The van der Waals surface area contributed by atoms with Gasteiger partial charge in [-0.15, -0.1) is 0 Å². The largest absolute Gasteiger partial charge is 0.381 e. The van der Waals surface area contributed by atoms with Gasteiger partial charge < -0.3 is 15.1 Å². The van der Waals surface area contributed by atoms with Gasteiger partial charge in [0.05, 0.1) is 0 Å². The minimum absolute atomic E-state index is 0.583. The van der Waals surface area contributed by atoms with E-state index in [9.17, 15) is 0 Å². The standard InChI is InChI=1S/C15H25N3/c1-12-8-15(11-18(12)4)16-14-7-5-6-13(9-14)10-17(2)3/h5-7,9,12,15-16H,8,10-11H2,1-4H3. The summed E-state index contributed by atoms with van der Waals surface area (Å²) in [7, 11) is 6.41. The molecule has 0 aromatic heterocycles. The van der Waals surface area contributed by atoms with E-state index in [1.165, 1.54) is 17.7 Å². The van der Waals surface area contributed by atoms with Crippen molar-refractivity contribution in [1.29, 1.82) is 0 Å². The van der Waals surface area contributed by atoms with Crippen LogP contribution >= 0.6 is 0 Å². The number of benzene rings is 1. The topological polar surface area (TPSA) is 18.5 Å². The van der Waals surface area contributed by atoms with Crippen molar-refractivity contribution in [2.75, 3.05) is 33.0 Å². The number of anilines is 1. The predicted molar refractivity (Wildman–Crippen MR) is 78.0 cm³/mol. The fraction of sp³-hybridized carbons (Fsp3) is 0.600. The van der Waals surface area contributed by atoms with E-state index in [1.807, 2.05) is 0 Å². The maximum absolute atomic E-state index is 3.66. The molecule has 0 aliphatic carbocycles. The first-order chi connectivity index (χ1) is 8.54. The molecule has 1 N–H and O–H groups in total. The van der Waals surface area contributed by atoms with Crippen molar-refractivity contribution in [3.05, 3.63) is 29.8 Å². The molecule has 3 heteroatoms. The predicted octanol–water partition coefficient (Wildman–Crippen LogP) is 2.25. The molecule has 1 aromatic carbocycles. The third kappa shape index (κ3) is 3.47. The average molecular weight is 247 g/mol. The fourth-order valence-electron chi connectivity index (χ4n) is 2.66. The fourth-order valence-corrected chi connectivity index (χ4v) is 2.66. The lowest BCUT2D eigenvalue weighted by Crippen LogP contribution is -2.24. The molecule has 0 saturated carbocycles. The zero-order valence-corrected chi connectivity index (χ0v) is 12.0. The second-order valence-electron chi connectivity index (χ2n) is 5.80. The van der Waals surface area contributed by atoms with Crippen LogP contribution in [0, 0.1) is 0 Å². The van der Waals surface area contributed by atoms with Gasteiger partial charge in [-0.1, -0.05) is 12.1 Å². The van der Waals surface area contributed by atoms with Crippen LogP contribution in [0.3, 0.4) is 0 Å². The highest BCUT2D eigenvalue weighted by Gasteiger charge is 2.25. The minimum Gasteiger partial charge on any atom is -0.381 e. The SMILES string of the molecule is CC1CC(Nc2cccc(CN(C)C)c2)CN1C. The van der Waals surface area contributed by atoms with Gasteiger partial charge in [-0.2, -0.15) is 0 Å². The molecule has 1 fully saturated rings. The molecule has 1 aliphatic heterocycles. The maximum atomic E-state index is 3.66. The molecule has 1 saturated heterocycles. The second kappa shape index (κ2) is 5.72. The molecule has 100 valence electrons. The van der Waals surface area contributed by atoms with Gasteiger partial charge in [-0.05, 0) is 52.2 Å². The van der Waals surface area contributed by atoms with Gasteiger partial charge in [-0.25, -0.2) is 0 Å². The van der Waals surface area contributed by atoms with Crippen LogP contribution < -0.4 is 5.32 Å². The Morgan fingerprint density at radius 3 is 2.78 bits per heavy atom. The number of likely N-dealkylation sites (tertiary alicyclic amines) is 1. The Hall–Kier alpha value is -1.06. The van der Waals surface area contributed by atoms with E-state index in [-0.39, 0.29) is 0 Å². The molecular weight excluding hydrogens is 222 g/mol. The van der Waals surface area contributed by atoms with Crippen LogP contribution in [0.1, 0.15) is 18.9 Å². The number of nitrogens with zero attached hydrogens (tertiary/aromatic N) is 2. The molecule has 1 aliphatic rings. The van der Waals surface area contributed by atoms with E-state index in [2.05, 4.69) is 67.4 Å². The average Bonchev–Trinajstić information content (AvgIpc) is 2.57. The summed E-state index contributed by atoms with van der Waals surface area (Å²) in [5, 5.41) is 3.66. The van der Waals surface area contributed by atoms with E-state index < -0.39 is 0 Å². The molecule has 2 atom stereocenters. The summed E-state index contributed by atoms with van der Waals surface area (Å²) in [6, 6.07) is 10.0. The van der Waals surface area contributed by atoms with E-state index >= 15 is 0 Å². The first kappa shape index (κ1) is 13.4. The van der Waals surface area contributed by atoms with Crippen molar-refractivity contribution in [2.24, 2.45) is 0 Å². The first-order valence-electron chi connectivity index (χ1n) is 6.75. The van der Waals surface area contributed by atoms with E-state index in [0.717, 1.165) is 13.1 Å². The molecule has 1 heterocycles. The lowest BCUT2D eigenvalue weighted by atomic mass is 10.1. The lowest BCUT2D eigenvalue weighted by molar-refractivity contribution is 0.330. The Balaban J connectivity index is 1.97. The summed E-state index contributed by atoms with van der Waals surface area (Å²) in [6.07, 6.45) is 1.23. The summed E-state index contributed by atoms with van der Waals surface area (Å²) in [5.74, 6) is 0. The molecule has 2 unspecified atom stereocenters. The third-order valence-electron chi connectivity index (χ3n) is 3.68. The second-order valence-corrected chi connectivity index (χ2v) is 5.80. The number of rotatable bonds is 4. The Kier molecular flexibility index (Phi) is 4.25. The highest BCUT2D eigenvalue weighted by Crippen LogP contribution is 2.20. The zero-order valence-electron chi connectivity index (χ0n) is 12.0. The normalized spacial score (nSPS) is 24.7. The van der Waals surface area contributed by atoms with Gasteiger partial charge in [0, 0.05) is 30.9 Å². The van der Waals surface area contributed by atoms with E-state index in [0.29, 0.717) is 12.1 Å². The van der Waals surface area contributed by atoms with Crippen LogP contribution in [0.5, 0.6) is 0 Å². The summed E-state index contributed by atoms with van der Waals surface area (Å²) in [6.45, 7) is 4.43. The molecule has 18 heavy (non-hydrogen) atoms. The summed E-state index contributed by atoms with van der Waals surface area (Å²) < 4.78 is 0. The Morgan fingerprint density at radius 2 is 2.17 bits per heavy atom. The summed E-state index contributed by atoms with van der Waals surface area (Å²) >= 11 is 0. The highest BCUT2D eigenvalue weighted by atomic mass is 15.2. The van der Waals surface area contributed by atoms with Crippen molar-refractivity contribution in [1.82, 2.24) is 9.80 Å². The van der Waals surface area contributed by atoms with Gasteiger partial charge in [0.2, 0.25) is 0 Å². The van der Waals surface area contributed by atoms with Gasteiger partial charge in [-0.3, -0.25) is 0 Å². The molecular formula is C15H25N3. The number of nitrogens with one attached hydrogen (secondary N) is 1. The molecule has 0 amide bonds. The highest BCUT2D eigenvalue weighted by molar-refractivity contribution is 5.46. The van der Waals surface area contributed by atoms with Crippen LogP contribution in [0.25, 0.3) is 0 Å². The van der Waals surface area contributed by atoms with Crippen molar-refractivity contribution < 1.29 is 0 Å². The van der Waals surface area contributed by atoms with E-state index in [4.69, 9.17) is 0 Å². The van der Waals surface area contributed by atoms with Crippen molar-refractivity contribution in [3.63, 3.8) is 0 Å². The number of likely N-dealkylation sites (N-methyl/N-ethyl adjacent to an activating group) is 1. The lowest BCUT2D eigenvalue weighted by Gasteiger charge is -2.16. The van der Waals surface area contributed by atoms with Crippen LogP contribution in [-0.4, -0.2) is 49.6 Å². The molecule has 1 aromatic rings. The monoisotopic (exact) mass is 247 g/mol. The Morgan fingerprint density at radius 1 is 1.39 bits per heavy atom. The van der Waals surface area contributed by atoms with Crippen molar-refractivity contribution in [2.45, 2.75) is 32.0 Å². The quantitative estimate of drug-likeness (QED) is 0.880. The number of hydrogen-bond acceptors (Lipinski definition) is 3. The van der Waals surface area contributed by atoms with Crippen LogP contribution in [-0.2, 0) is 6.54 Å². The van der Waals surface area contributed by atoms with E-state index in [1.54, 1.807) is 0 Å². The Bertz CT molecular complexity index is 379. The maximum Gasteiger partial charge on any atom is 0.0403 e. The van der Waals surface area contributed by atoms with Crippen molar-refractivity contribution >= 4 is 5.69 Å². The number of hydrogen-bond donors (Lipinski definition) is 1. The molecule has 0 bridgehead atoms. The third-order valence-corrected chi connectivity index (χ3v) is 3.68. The molecule has 2 rings (SSSR count). The smallest absolute Gasteiger partial charge is 0.0403 e. The summed E-state index contributed by atoms with van der Waals surface area (Å²) in [5.41, 5.74) is 2.62.